The van der Waals surface area contributed by atoms with Crippen LogP contribution in [0.25, 0.3) is 6.08 Å². The van der Waals surface area contributed by atoms with Gasteiger partial charge in [-0.25, -0.2) is 4.79 Å². The molecule has 0 atom stereocenters. The maximum atomic E-state index is 11.6. The summed E-state index contributed by atoms with van der Waals surface area (Å²) < 4.78 is 24.4. The molecular formula is C11H12O4S. The molecule has 2 rings (SSSR count). The van der Waals surface area contributed by atoms with Crippen LogP contribution in [0.3, 0.4) is 0 Å². The normalized spacial score (nSPS) is 17.9. The summed E-state index contributed by atoms with van der Waals surface area (Å²) in [5.41, 5.74) is 0.884. The van der Waals surface area contributed by atoms with Gasteiger partial charge in [-0.15, -0.1) is 10.6 Å². The fourth-order valence-corrected chi connectivity index (χ4v) is 3.06. The molecular weight excluding hydrogens is 228 g/mol. The van der Waals surface area contributed by atoms with Gasteiger partial charge in [-0.3, -0.25) is 9.11 Å². The van der Waals surface area contributed by atoms with Gasteiger partial charge in [0.2, 0.25) is 0 Å². The molecule has 1 aliphatic heterocycles. The van der Waals surface area contributed by atoms with E-state index in [1.54, 1.807) is 25.1 Å². The van der Waals surface area contributed by atoms with Gasteiger partial charge in [0.25, 0.3) is 0 Å². The van der Waals surface area contributed by atoms with Crippen molar-refractivity contribution in [1.82, 2.24) is 0 Å². The number of hydrogen-bond donors (Lipinski definition) is 2. The highest BCUT2D eigenvalue weighted by Crippen LogP contribution is 2.57. The minimum atomic E-state index is -2.98. The van der Waals surface area contributed by atoms with Gasteiger partial charge in [0, 0.05) is 5.41 Å². The number of carbonyl (C=O) groups excluding carboxylic acids is 1. The van der Waals surface area contributed by atoms with E-state index in [1.807, 2.05) is 0 Å². The maximum Gasteiger partial charge on any atom is 0.340 e. The Morgan fingerprint density at radius 2 is 2.19 bits per heavy atom. The highest BCUT2D eigenvalue weighted by Gasteiger charge is 2.28. The molecule has 16 heavy (non-hydrogen) atoms. The van der Waals surface area contributed by atoms with Gasteiger partial charge in [0.15, 0.2) is 0 Å². The Kier molecular flexibility index (Phi) is 2.75. The van der Waals surface area contributed by atoms with Crippen molar-refractivity contribution < 1.29 is 18.6 Å². The molecule has 1 heterocycles. The summed E-state index contributed by atoms with van der Waals surface area (Å²) in [5.74, 6) is -0.525. The number of benzene rings is 1. The van der Waals surface area contributed by atoms with Gasteiger partial charge in [0.1, 0.15) is 0 Å². The van der Waals surface area contributed by atoms with Crippen LogP contribution in [0.15, 0.2) is 28.5 Å². The third kappa shape index (κ3) is 1.73. The van der Waals surface area contributed by atoms with Crippen molar-refractivity contribution >= 4 is 22.6 Å². The Balaban J connectivity index is 2.51. The standard InChI is InChI=1S/C11H12O4S/c1-2-15-11(12)9-5-3-4-8-6-7-16(13,14)10(8)9/h3-7,13-14H,2H2,1H3. The Morgan fingerprint density at radius 3 is 2.88 bits per heavy atom. The lowest BCUT2D eigenvalue weighted by Crippen LogP contribution is -2.09. The summed E-state index contributed by atoms with van der Waals surface area (Å²) in [6.07, 6.45) is 1.60. The molecule has 0 saturated heterocycles. The van der Waals surface area contributed by atoms with Crippen molar-refractivity contribution in [2.45, 2.75) is 11.8 Å². The first kappa shape index (κ1) is 11.2. The first-order valence-corrected chi connectivity index (χ1v) is 6.43. The smallest absolute Gasteiger partial charge is 0.340 e. The predicted molar refractivity (Wildman–Crippen MR) is 62.5 cm³/mol. The van der Waals surface area contributed by atoms with E-state index in [0.717, 1.165) is 0 Å². The molecule has 0 fully saturated rings. The molecule has 0 unspecified atom stereocenters. The van der Waals surface area contributed by atoms with Gasteiger partial charge in [0.05, 0.1) is 17.1 Å². The van der Waals surface area contributed by atoms with Crippen LogP contribution in [0.5, 0.6) is 0 Å². The van der Waals surface area contributed by atoms with Crippen LogP contribution in [-0.2, 0) is 4.74 Å². The molecule has 0 bridgehead atoms. The highest BCUT2D eigenvalue weighted by molar-refractivity contribution is 8.27. The molecule has 0 aromatic heterocycles. The molecule has 0 aliphatic carbocycles. The Labute approximate surface area is 94.9 Å². The average Bonchev–Trinajstić information content (AvgIpc) is 2.56. The number of rotatable bonds is 2. The van der Waals surface area contributed by atoms with E-state index in [-0.39, 0.29) is 17.1 Å². The van der Waals surface area contributed by atoms with Gasteiger partial charge >= 0.3 is 5.97 Å². The lowest BCUT2D eigenvalue weighted by atomic mass is 10.1. The molecule has 5 heteroatoms. The zero-order chi connectivity index (χ0) is 11.8. The lowest BCUT2D eigenvalue weighted by Gasteiger charge is -2.27. The summed E-state index contributed by atoms with van der Waals surface area (Å²) in [4.78, 5) is 11.9. The molecule has 86 valence electrons. The van der Waals surface area contributed by atoms with E-state index in [2.05, 4.69) is 0 Å². The fraction of sp³-hybridized carbons (Fsp3) is 0.182. The molecule has 1 aromatic carbocycles. The van der Waals surface area contributed by atoms with Crippen LogP contribution in [0.4, 0.5) is 0 Å². The summed E-state index contributed by atoms with van der Waals surface area (Å²) in [7, 11) is -2.98. The van der Waals surface area contributed by atoms with E-state index in [0.29, 0.717) is 5.56 Å². The quantitative estimate of drug-likeness (QED) is 0.780. The largest absolute Gasteiger partial charge is 0.462 e. The summed E-state index contributed by atoms with van der Waals surface area (Å²) in [6.45, 7) is 1.96. The fourth-order valence-electron chi connectivity index (χ4n) is 1.63. The number of ether oxygens (including phenoxy) is 1. The van der Waals surface area contributed by atoms with Crippen LogP contribution in [0.2, 0.25) is 0 Å². The molecule has 0 radical (unpaired) electrons. The zero-order valence-corrected chi connectivity index (χ0v) is 9.53. The van der Waals surface area contributed by atoms with Crippen LogP contribution in [0, 0.1) is 0 Å². The third-order valence-electron chi connectivity index (χ3n) is 2.28. The topological polar surface area (TPSA) is 66.8 Å². The molecule has 1 aliphatic rings. The molecule has 2 N–H and O–H groups in total. The first-order valence-electron chi connectivity index (χ1n) is 4.83. The van der Waals surface area contributed by atoms with Crippen molar-refractivity contribution in [3.63, 3.8) is 0 Å². The van der Waals surface area contributed by atoms with Gasteiger partial charge < -0.3 is 4.74 Å². The summed E-state index contributed by atoms with van der Waals surface area (Å²) in [5, 5.41) is 1.32. The number of fused-ring (bicyclic) bond motifs is 1. The third-order valence-corrected chi connectivity index (χ3v) is 3.85. The minimum Gasteiger partial charge on any atom is -0.462 e. The van der Waals surface area contributed by atoms with Crippen molar-refractivity contribution in [3.05, 3.63) is 34.7 Å². The van der Waals surface area contributed by atoms with Crippen molar-refractivity contribution in [1.29, 1.82) is 0 Å². The Bertz CT molecular complexity index is 465. The van der Waals surface area contributed by atoms with E-state index in [4.69, 9.17) is 4.74 Å². The van der Waals surface area contributed by atoms with Crippen molar-refractivity contribution in [2.75, 3.05) is 6.61 Å². The van der Waals surface area contributed by atoms with E-state index >= 15 is 0 Å². The predicted octanol–water partition coefficient (Wildman–Crippen LogP) is 2.96. The average molecular weight is 240 g/mol. The Morgan fingerprint density at radius 1 is 1.44 bits per heavy atom. The van der Waals surface area contributed by atoms with Crippen molar-refractivity contribution in [3.8, 4) is 0 Å². The first-order chi connectivity index (χ1) is 7.56. The van der Waals surface area contributed by atoms with E-state index in [1.165, 1.54) is 11.5 Å². The molecule has 1 aromatic rings. The van der Waals surface area contributed by atoms with E-state index in [9.17, 15) is 13.9 Å². The zero-order valence-electron chi connectivity index (χ0n) is 8.71. The number of carbonyl (C=O) groups is 1. The second kappa shape index (κ2) is 3.93. The van der Waals surface area contributed by atoms with Crippen LogP contribution < -0.4 is 0 Å². The Hall–Kier alpha value is -1.30. The molecule has 0 amide bonds. The van der Waals surface area contributed by atoms with Crippen LogP contribution in [-0.4, -0.2) is 21.7 Å². The van der Waals surface area contributed by atoms with E-state index < -0.39 is 16.6 Å². The second-order valence-corrected chi connectivity index (χ2v) is 5.21. The minimum absolute atomic E-state index is 0.226. The molecule has 4 nitrogen and oxygen atoms in total. The summed E-state index contributed by atoms with van der Waals surface area (Å²) >= 11 is 0. The monoisotopic (exact) mass is 240 g/mol. The van der Waals surface area contributed by atoms with Gasteiger partial charge in [-0.2, -0.15) is 0 Å². The van der Waals surface area contributed by atoms with Crippen LogP contribution in [0.1, 0.15) is 22.8 Å². The highest BCUT2D eigenvalue weighted by atomic mass is 32.3. The lowest BCUT2D eigenvalue weighted by molar-refractivity contribution is 0.0521. The molecule has 0 spiro atoms. The SMILES string of the molecule is CCOC(=O)c1cccc2c1S(O)(O)C=C2. The van der Waals surface area contributed by atoms with Crippen molar-refractivity contribution in [2.24, 2.45) is 0 Å². The number of hydrogen-bond acceptors (Lipinski definition) is 4. The summed E-state index contributed by atoms with van der Waals surface area (Å²) in [6, 6.07) is 4.96. The van der Waals surface area contributed by atoms with Crippen LogP contribution >= 0.6 is 10.6 Å². The number of esters is 1. The maximum absolute atomic E-state index is 11.6. The van der Waals surface area contributed by atoms with Gasteiger partial charge in [-0.1, -0.05) is 12.1 Å². The van der Waals surface area contributed by atoms with Gasteiger partial charge in [-0.05, 0) is 24.6 Å². The second-order valence-electron chi connectivity index (χ2n) is 3.34. The molecule has 0 saturated carbocycles.